The van der Waals surface area contributed by atoms with Crippen LogP contribution >= 0.6 is 0 Å². The van der Waals surface area contributed by atoms with Crippen molar-refractivity contribution in [1.29, 1.82) is 5.26 Å². The number of allylic oxidation sites excluding steroid dienone is 1. The molecule has 2 aliphatic heterocycles. The molecular weight excluding hydrogens is 355 g/mol. The predicted molar refractivity (Wildman–Crippen MR) is 107 cm³/mol. The lowest BCUT2D eigenvalue weighted by atomic mass is 9.42. The lowest BCUT2D eigenvalue weighted by molar-refractivity contribution is -0.135. The molecule has 0 saturated carbocycles. The quantitative estimate of drug-likeness (QED) is 0.641. The van der Waals surface area contributed by atoms with Crippen LogP contribution in [0.3, 0.4) is 0 Å². The van der Waals surface area contributed by atoms with Crippen molar-refractivity contribution in [2.75, 3.05) is 0 Å². The van der Waals surface area contributed by atoms with E-state index in [1.165, 1.54) is 10.1 Å². The molecule has 0 aliphatic carbocycles. The zero-order valence-electron chi connectivity index (χ0n) is 15.8. The van der Waals surface area contributed by atoms with Gasteiger partial charge in [-0.05, 0) is 37.0 Å². The van der Waals surface area contributed by atoms with Gasteiger partial charge < -0.3 is 0 Å². The maximum atomic E-state index is 12.8. The number of nitrogens with one attached hydrogen (secondary N) is 1. The summed E-state index contributed by atoms with van der Waals surface area (Å²) in [5.74, 6) is 1.62. The monoisotopic (exact) mass is 376 g/mol. The van der Waals surface area contributed by atoms with E-state index in [2.05, 4.69) is 17.4 Å². The van der Waals surface area contributed by atoms with Gasteiger partial charge in [-0.25, -0.2) is 10.1 Å². The Bertz CT molecular complexity index is 1100. The van der Waals surface area contributed by atoms with Gasteiger partial charge in [0.25, 0.3) is 6.71 Å². The molecule has 1 aromatic heterocycles. The molecule has 1 atom stereocenters. The highest BCUT2D eigenvalue weighted by Gasteiger charge is 2.31. The van der Waals surface area contributed by atoms with Crippen LogP contribution in [-0.2, 0) is 16.6 Å². The minimum atomic E-state index is -0.667. The van der Waals surface area contributed by atoms with Gasteiger partial charge in [0.2, 0.25) is 11.8 Å². The highest BCUT2D eigenvalue weighted by molar-refractivity contribution is 6.67. The van der Waals surface area contributed by atoms with Crippen LogP contribution in [0, 0.1) is 11.2 Å². The molecule has 2 aromatic rings. The average molecular weight is 376 g/mol. The van der Waals surface area contributed by atoms with Crippen molar-refractivity contribution in [1.82, 2.24) is 14.5 Å². The Kier molecular flexibility index (Phi) is 4.67. The van der Waals surface area contributed by atoms with E-state index in [-0.39, 0.29) is 24.7 Å². The van der Waals surface area contributed by atoms with Crippen LogP contribution < -0.4 is 11.0 Å². The van der Waals surface area contributed by atoms with Crippen LogP contribution in [0.15, 0.2) is 28.6 Å². The van der Waals surface area contributed by atoms with Gasteiger partial charge in [0, 0.05) is 19.4 Å². The molecule has 1 unspecified atom stereocenters. The first-order valence-corrected chi connectivity index (χ1v) is 9.61. The summed E-state index contributed by atoms with van der Waals surface area (Å²) < 4.78 is 3.04. The zero-order chi connectivity index (χ0) is 19.8. The fraction of sp³-hybridized carbons (Fsp3) is 0.400. The van der Waals surface area contributed by atoms with E-state index < -0.39 is 11.9 Å². The van der Waals surface area contributed by atoms with Crippen molar-refractivity contribution in [2.24, 2.45) is 7.05 Å². The number of imide groups is 1. The largest absolute Gasteiger partial charge is 0.329 e. The van der Waals surface area contributed by atoms with Gasteiger partial charge in [0.1, 0.15) is 6.04 Å². The van der Waals surface area contributed by atoms with Gasteiger partial charge in [-0.15, -0.1) is 0 Å². The van der Waals surface area contributed by atoms with Crippen LogP contribution in [0.1, 0.15) is 37.3 Å². The summed E-state index contributed by atoms with van der Waals surface area (Å²) in [5, 5.41) is 11.4. The Morgan fingerprint density at radius 1 is 1.18 bits per heavy atom. The molecule has 8 heteroatoms. The number of piperidine rings is 1. The van der Waals surface area contributed by atoms with Crippen LogP contribution in [-0.4, -0.2) is 27.7 Å². The number of carbonyl (C=O) groups is 2. The second-order valence-corrected chi connectivity index (χ2v) is 7.63. The first kappa shape index (κ1) is 18.3. The molecular formula is C20H21BN4O3. The predicted octanol–water partition coefficient (Wildman–Crippen LogP) is 2.05. The Morgan fingerprint density at radius 3 is 2.61 bits per heavy atom. The first-order valence-electron chi connectivity index (χ1n) is 9.61. The Hall–Kier alpha value is -3.08. The minimum absolute atomic E-state index is 0.156. The fourth-order valence-corrected chi connectivity index (χ4v) is 4.20. The Balaban J connectivity index is 1.69. The van der Waals surface area contributed by atoms with E-state index in [4.69, 9.17) is 5.26 Å². The number of hydrogen-bond acceptors (Lipinski definition) is 4. The van der Waals surface area contributed by atoms with E-state index in [0.29, 0.717) is 11.9 Å². The molecule has 7 nitrogen and oxygen atoms in total. The summed E-state index contributed by atoms with van der Waals surface area (Å²) in [6.07, 6.45) is 6.34. The third-order valence-electron chi connectivity index (χ3n) is 5.82. The summed E-state index contributed by atoms with van der Waals surface area (Å²) in [6.45, 7) is 0.156. The molecule has 3 heterocycles. The van der Waals surface area contributed by atoms with Gasteiger partial charge in [0.15, 0.2) is 0 Å². The molecule has 2 amide bonds. The lowest BCUT2D eigenvalue weighted by Crippen LogP contribution is -2.44. The molecule has 2 aliphatic rings. The molecule has 2 fully saturated rings. The Labute approximate surface area is 162 Å². The fourth-order valence-electron chi connectivity index (χ4n) is 4.20. The summed E-state index contributed by atoms with van der Waals surface area (Å²) in [4.78, 5) is 36.5. The number of aromatic nitrogens is 2. The number of fused-ring (bicyclic) bond motifs is 1. The second kappa shape index (κ2) is 7.15. The van der Waals surface area contributed by atoms with Crippen LogP contribution in [0.25, 0.3) is 17.1 Å². The SMILES string of the molecule is Cn1c(=O)n(C2CCC(=O)NC2=O)c2ccc(C=C3CCB(C#N)CC3)cc21. The summed E-state index contributed by atoms with van der Waals surface area (Å²) in [7, 11) is 1.70. The number of benzene rings is 1. The highest BCUT2D eigenvalue weighted by atomic mass is 16.2. The number of carbonyl (C=O) groups excluding carboxylic acids is 2. The maximum absolute atomic E-state index is 12.8. The van der Waals surface area contributed by atoms with Gasteiger partial charge in [0.05, 0.1) is 11.0 Å². The van der Waals surface area contributed by atoms with E-state index >= 15 is 0 Å². The van der Waals surface area contributed by atoms with Crippen molar-refractivity contribution in [2.45, 2.75) is 44.4 Å². The number of amides is 2. The third kappa shape index (κ3) is 3.17. The summed E-state index contributed by atoms with van der Waals surface area (Å²) >= 11 is 0. The number of nitriles is 1. The van der Waals surface area contributed by atoms with Gasteiger partial charge in [-0.3, -0.25) is 24.0 Å². The molecule has 1 N–H and O–H groups in total. The van der Waals surface area contributed by atoms with Crippen molar-refractivity contribution in [3.8, 4) is 5.97 Å². The summed E-state index contributed by atoms with van der Waals surface area (Å²) in [5.41, 5.74) is 3.52. The van der Waals surface area contributed by atoms with Crippen LogP contribution in [0.4, 0.5) is 0 Å². The van der Waals surface area contributed by atoms with E-state index in [0.717, 1.165) is 36.6 Å². The Morgan fingerprint density at radius 2 is 1.93 bits per heavy atom. The zero-order valence-corrected chi connectivity index (χ0v) is 15.8. The molecule has 142 valence electrons. The molecule has 1 aromatic carbocycles. The number of imidazole rings is 1. The molecule has 0 radical (unpaired) electrons. The topological polar surface area (TPSA) is 96.9 Å². The van der Waals surface area contributed by atoms with Crippen molar-refractivity contribution < 1.29 is 9.59 Å². The molecule has 0 bridgehead atoms. The van der Waals surface area contributed by atoms with Crippen molar-refractivity contribution in [3.05, 3.63) is 39.8 Å². The number of hydrogen-bond donors (Lipinski definition) is 1. The lowest BCUT2D eigenvalue weighted by Gasteiger charge is -2.21. The van der Waals surface area contributed by atoms with E-state index in [9.17, 15) is 14.4 Å². The molecule has 0 spiro atoms. The number of aryl methyl sites for hydroxylation is 1. The first-order chi connectivity index (χ1) is 13.5. The van der Waals surface area contributed by atoms with Crippen molar-refractivity contribution >= 4 is 35.6 Å². The van der Waals surface area contributed by atoms with Gasteiger partial charge in [-0.1, -0.05) is 30.4 Å². The van der Waals surface area contributed by atoms with E-state index in [1.807, 2.05) is 18.2 Å². The molecule has 4 rings (SSSR count). The highest BCUT2D eigenvalue weighted by Crippen LogP contribution is 2.28. The second-order valence-electron chi connectivity index (χ2n) is 7.63. The molecule has 2 saturated heterocycles. The van der Waals surface area contributed by atoms with Crippen LogP contribution in [0.2, 0.25) is 12.6 Å². The van der Waals surface area contributed by atoms with Gasteiger partial charge in [-0.2, -0.15) is 0 Å². The smallest absolute Gasteiger partial charge is 0.295 e. The normalized spacial score (nSPS) is 20.2. The summed E-state index contributed by atoms with van der Waals surface area (Å²) in [6, 6.07) is 5.11. The minimum Gasteiger partial charge on any atom is -0.295 e. The van der Waals surface area contributed by atoms with Gasteiger partial charge >= 0.3 is 5.69 Å². The third-order valence-corrected chi connectivity index (χ3v) is 5.82. The van der Waals surface area contributed by atoms with Crippen molar-refractivity contribution in [3.63, 3.8) is 0 Å². The maximum Gasteiger partial charge on any atom is 0.329 e. The standard InChI is InChI=1S/C20H21BN4O3/c1-24-17-11-14(10-13-6-8-21(12-22)9-7-13)2-3-15(17)25(20(24)28)16-4-5-18(26)23-19(16)27/h2-3,10-11,16H,4-9H2,1H3,(H,23,26,27). The van der Waals surface area contributed by atoms with E-state index in [1.54, 1.807) is 11.6 Å². The number of rotatable bonds is 2. The average Bonchev–Trinajstić information content (AvgIpc) is 2.93. The van der Waals surface area contributed by atoms with Crippen LogP contribution in [0.5, 0.6) is 0 Å². The number of nitrogens with zero attached hydrogens (tertiary/aromatic N) is 3. The molecule has 28 heavy (non-hydrogen) atoms.